The lowest BCUT2D eigenvalue weighted by Crippen LogP contribution is -2.49. The maximum atomic E-state index is 13.1. The molecule has 0 radical (unpaired) electrons. The number of rotatable bonds is 9. The van der Waals surface area contributed by atoms with Gasteiger partial charge < -0.3 is 21.1 Å². The number of carboxylic acids is 1. The molecule has 1 aromatic heterocycles. The third kappa shape index (κ3) is 5.09. The molecule has 0 spiro atoms. The lowest BCUT2D eigenvalue weighted by atomic mass is 10.0. The van der Waals surface area contributed by atoms with Gasteiger partial charge in [-0.05, 0) is 24.1 Å². The van der Waals surface area contributed by atoms with E-state index in [2.05, 4.69) is 10.3 Å². The van der Waals surface area contributed by atoms with Gasteiger partial charge in [0.1, 0.15) is 12.1 Å². The number of amides is 2. The van der Waals surface area contributed by atoms with Crippen molar-refractivity contribution in [2.24, 2.45) is 5.73 Å². The Bertz CT molecular complexity index is 1260. The molecule has 2 atom stereocenters. The van der Waals surface area contributed by atoms with Gasteiger partial charge in [0.05, 0.1) is 10.9 Å². The number of aliphatic carboxylic acids is 1. The summed E-state index contributed by atoms with van der Waals surface area (Å²) in [6.45, 7) is 0. The fourth-order valence-corrected chi connectivity index (χ4v) is 3.41. The Kier molecular flexibility index (Phi) is 6.83. The summed E-state index contributed by atoms with van der Waals surface area (Å²) in [7, 11) is 0. The van der Waals surface area contributed by atoms with Crippen molar-refractivity contribution in [3.63, 3.8) is 0 Å². The first kappa shape index (κ1) is 22.5. The third-order valence-electron chi connectivity index (χ3n) is 5.02. The molecule has 0 saturated carbocycles. The number of carboxylic acid groups (broad SMARTS) is 1. The SMILES string of the molecule is NC(=O)CCC(NC(=O)C(Cc1ccccc1)n1c(=O)[nH]c2ccccc2c1=O)C(=O)O. The minimum absolute atomic E-state index is 0.0316. The molecule has 0 aliphatic carbocycles. The van der Waals surface area contributed by atoms with Crippen LogP contribution in [0.4, 0.5) is 0 Å². The minimum Gasteiger partial charge on any atom is -0.480 e. The molecule has 3 aromatic rings. The molecule has 0 bridgehead atoms. The van der Waals surface area contributed by atoms with Crippen LogP contribution in [0.1, 0.15) is 24.4 Å². The molecule has 166 valence electrons. The number of aromatic nitrogens is 2. The molecule has 2 amide bonds. The Morgan fingerprint density at radius 1 is 1.03 bits per heavy atom. The van der Waals surface area contributed by atoms with E-state index >= 15 is 0 Å². The van der Waals surface area contributed by atoms with Crippen LogP contribution in [0.15, 0.2) is 64.2 Å². The molecule has 0 fully saturated rings. The number of primary amides is 1. The van der Waals surface area contributed by atoms with Crippen LogP contribution in [-0.2, 0) is 20.8 Å². The molecule has 2 aromatic carbocycles. The number of carbonyl (C=O) groups excluding carboxylic acids is 2. The van der Waals surface area contributed by atoms with E-state index in [4.69, 9.17) is 5.73 Å². The first-order valence-corrected chi connectivity index (χ1v) is 9.87. The molecule has 3 rings (SSSR count). The Morgan fingerprint density at radius 2 is 1.69 bits per heavy atom. The van der Waals surface area contributed by atoms with Crippen LogP contribution >= 0.6 is 0 Å². The Balaban J connectivity index is 2.05. The topological polar surface area (TPSA) is 164 Å². The summed E-state index contributed by atoms with van der Waals surface area (Å²) in [5.41, 5.74) is 4.59. The van der Waals surface area contributed by atoms with E-state index in [1.165, 1.54) is 6.07 Å². The Labute approximate surface area is 181 Å². The van der Waals surface area contributed by atoms with E-state index in [-0.39, 0.29) is 24.6 Å². The number of nitrogens with zero attached hydrogens (tertiary/aromatic N) is 1. The van der Waals surface area contributed by atoms with Crippen LogP contribution < -0.4 is 22.3 Å². The molecule has 10 heteroatoms. The van der Waals surface area contributed by atoms with Crippen molar-refractivity contribution in [2.75, 3.05) is 0 Å². The number of hydrogen-bond acceptors (Lipinski definition) is 5. The first-order chi connectivity index (χ1) is 15.3. The summed E-state index contributed by atoms with van der Waals surface area (Å²) in [6.07, 6.45) is -0.509. The zero-order valence-corrected chi connectivity index (χ0v) is 17.0. The number of carbonyl (C=O) groups is 3. The summed E-state index contributed by atoms with van der Waals surface area (Å²) in [5.74, 6) is -2.92. The molecular weight excluding hydrogens is 416 g/mol. The van der Waals surface area contributed by atoms with E-state index in [1.807, 2.05) is 0 Å². The monoisotopic (exact) mass is 438 g/mol. The van der Waals surface area contributed by atoms with Crippen molar-refractivity contribution in [3.05, 3.63) is 81.0 Å². The number of nitrogens with two attached hydrogens (primary N) is 1. The van der Waals surface area contributed by atoms with Crippen molar-refractivity contribution in [1.82, 2.24) is 14.9 Å². The molecule has 0 aliphatic rings. The summed E-state index contributed by atoms with van der Waals surface area (Å²) in [4.78, 5) is 64.2. The minimum atomic E-state index is -1.41. The summed E-state index contributed by atoms with van der Waals surface area (Å²) < 4.78 is 0.789. The second kappa shape index (κ2) is 9.73. The molecule has 10 nitrogen and oxygen atoms in total. The van der Waals surface area contributed by atoms with Gasteiger partial charge in [0.15, 0.2) is 0 Å². The van der Waals surface area contributed by atoms with E-state index < -0.39 is 41.1 Å². The van der Waals surface area contributed by atoms with Gasteiger partial charge in [0.25, 0.3) is 5.56 Å². The first-order valence-electron chi connectivity index (χ1n) is 9.87. The number of para-hydroxylation sites is 1. The van der Waals surface area contributed by atoms with Gasteiger partial charge in [-0.25, -0.2) is 14.2 Å². The summed E-state index contributed by atoms with van der Waals surface area (Å²) in [5, 5.41) is 12.0. The van der Waals surface area contributed by atoms with E-state index in [1.54, 1.807) is 48.5 Å². The van der Waals surface area contributed by atoms with Crippen molar-refractivity contribution >= 4 is 28.7 Å². The average molecular weight is 438 g/mol. The van der Waals surface area contributed by atoms with Crippen LogP contribution in [0, 0.1) is 0 Å². The average Bonchev–Trinajstić information content (AvgIpc) is 2.76. The summed E-state index contributed by atoms with van der Waals surface area (Å²) >= 11 is 0. The highest BCUT2D eigenvalue weighted by Gasteiger charge is 2.29. The van der Waals surface area contributed by atoms with Crippen LogP contribution in [0.2, 0.25) is 0 Å². The standard InChI is InChI=1S/C22H22N4O6/c23-18(27)11-10-16(21(30)31)24-19(28)17(12-13-6-2-1-3-7-13)26-20(29)14-8-4-5-9-15(14)25-22(26)32/h1-9,16-17H,10-12H2,(H2,23,27)(H,24,28)(H,25,32)(H,30,31). The van der Waals surface area contributed by atoms with Gasteiger partial charge in [-0.3, -0.25) is 14.4 Å². The second-order valence-electron chi connectivity index (χ2n) is 7.26. The number of hydrogen-bond donors (Lipinski definition) is 4. The number of aromatic amines is 1. The maximum Gasteiger partial charge on any atom is 0.329 e. The molecule has 0 aliphatic heterocycles. The van der Waals surface area contributed by atoms with Crippen LogP contribution in [0.25, 0.3) is 10.9 Å². The zero-order valence-electron chi connectivity index (χ0n) is 17.0. The van der Waals surface area contributed by atoms with Gasteiger partial charge in [-0.1, -0.05) is 42.5 Å². The second-order valence-corrected chi connectivity index (χ2v) is 7.26. The van der Waals surface area contributed by atoms with Crippen molar-refractivity contribution in [3.8, 4) is 0 Å². The largest absolute Gasteiger partial charge is 0.480 e. The molecule has 5 N–H and O–H groups in total. The van der Waals surface area contributed by atoms with E-state index in [9.17, 15) is 29.1 Å². The van der Waals surface area contributed by atoms with Gasteiger partial charge in [0.2, 0.25) is 11.8 Å². The van der Waals surface area contributed by atoms with E-state index in [0.717, 1.165) is 4.57 Å². The summed E-state index contributed by atoms with van der Waals surface area (Å²) in [6, 6.07) is 12.3. The van der Waals surface area contributed by atoms with Gasteiger partial charge in [-0.15, -0.1) is 0 Å². The van der Waals surface area contributed by atoms with Crippen molar-refractivity contribution in [2.45, 2.75) is 31.3 Å². The number of nitrogens with one attached hydrogen (secondary N) is 2. The number of fused-ring (bicyclic) bond motifs is 1. The highest BCUT2D eigenvalue weighted by Crippen LogP contribution is 2.14. The van der Waals surface area contributed by atoms with Gasteiger partial charge in [-0.2, -0.15) is 0 Å². The lowest BCUT2D eigenvalue weighted by molar-refractivity contribution is -0.142. The lowest BCUT2D eigenvalue weighted by Gasteiger charge is -2.22. The third-order valence-corrected chi connectivity index (χ3v) is 5.02. The molecule has 0 saturated heterocycles. The smallest absolute Gasteiger partial charge is 0.329 e. The Morgan fingerprint density at radius 3 is 2.34 bits per heavy atom. The fourth-order valence-electron chi connectivity index (χ4n) is 3.41. The highest BCUT2D eigenvalue weighted by atomic mass is 16.4. The van der Waals surface area contributed by atoms with Crippen LogP contribution in [0.3, 0.4) is 0 Å². The van der Waals surface area contributed by atoms with Crippen molar-refractivity contribution < 1.29 is 19.5 Å². The quantitative estimate of drug-likeness (QED) is 0.375. The van der Waals surface area contributed by atoms with Crippen LogP contribution in [0.5, 0.6) is 0 Å². The predicted octanol–water partition coefficient (Wildman–Crippen LogP) is 0.308. The molecular formula is C22H22N4O6. The molecule has 2 unspecified atom stereocenters. The predicted molar refractivity (Wildman–Crippen MR) is 116 cm³/mol. The van der Waals surface area contributed by atoms with Crippen LogP contribution in [-0.4, -0.2) is 38.5 Å². The Hall–Kier alpha value is -4.21. The number of benzene rings is 2. The number of H-pyrrole nitrogens is 1. The highest BCUT2D eigenvalue weighted by molar-refractivity contribution is 5.87. The zero-order chi connectivity index (χ0) is 23.3. The van der Waals surface area contributed by atoms with Crippen molar-refractivity contribution in [1.29, 1.82) is 0 Å². The molecule has 32 heavy (non-hydrogen) atoms. The van der Waals surface area contributed by atoms with E-state index in [0.29, 0.717) is 11.1 Å². The molecule has 1 heterocycles. The fraction of sp³-hybridized carbons (Fsp3) is 0.227. The maximum absolute atomic E-state index is 13.1. The van der Waals surface area contributed by atoms with Gasteiger partial charge in [0, 0.05) is 12.8 Å². The normalized spacial score (nSPS) is 12.8. The van der Waals surface area contributed by atoms with Gasteiger partial charge >= 0.3 is 11.7 Å².